The fraction of sp³-hybridized carbons (Fsp3) is 0.263. The molecular formula is C76H64. The van der Waals surface area contributed by atoms with Crippen LogP contribution in [0, 0.1) is 0 Å². The Labute approximate surface area is 445 Å². The summed E-state index contributed by atoms with van der Waals surface area (Å²) in [7, 11) is 0. The molecule has 368 valence electrons. The second-order valence-corrected chi connectivity index (χ2v) is 24.4. The second kappa shape index (κ2) is 14.4. The zero-order chi connectivity index (χ0) is 51.1. The van der Waals surface area contributed by atoms with Gasteiger partial charge in [-0.15, -0.1) is 0 Å². The molecule has 16 bridgehead atoms. The van der Waals surface area contributed by atoms with Gasteiger partial charge in [0.15, 0.2) is 0 Å². The Morgan fingerprint density at radius 3 is 0.395 bits per heavy atom. The van der Waals surface area contributed by atoms with Crippen LogP contribution >= 0.6 is 0 Å². The van der Waals surface area contributed by atoms with Crippen molar-refractivity contribution < 1.29 is 0 Å². The van der Waals surface area contributed by atoms with E-state index in [0.29, 0.717) is 0 Å². The maximum absolute atomic E-state index is 2.63. The average molecular weight is 977 g/mol. The molecule has 4 aliphatic rings. The van der Waals surface area contributed by atoms with Crippen molar-refractivity contribution in [3.63, 3.8) is 0 Å². The van der Waals surface area contributed by atoms with Gasteiger partial charge in [-0.2, -0.15) is 0 Å². The number of hydrogen-bond donors (Lipinski definition) is 0. The van der Waals surface area contributed by atoms with Crippen LogP contribution in [0.5, 0.6) is 0 Å². The Morgan fingerprint density at radius 1 is 0.171 bits per heavy atom. The first-order valence-corrected chi connectivity index (χ1v) is 29.4. The molecule has 0 aromatic heterocycles. The molecule has 0 nitrogen and oxygen atoms in total. The van der Waals surface area contributed by atoms with Crippen LogP contribution in [-0.4, -0.2) is 0 Å². The Bertz CT molecular complexity index is 4040. The molecule has 0 radical (unpaired) electrons. The van der Waals surface area contributed by atoms with Gasteiger partial charge >= 0.3 is 0 Å². The van der Waals surface area contributed by atoms with Crippen LogP contribution in [0.2, 0.25) is 0 Å². The molecule has 17 rings (SSSR count). The molecule has 4 aliphatic carbocycles. The van der Waals surface area contributed by atoms with Crippen molar-refractivity contribution in [3.8, 4) is 0 Å². The van der Waals surface area contributed by atoms with E-state index in [2.05, 4.69) is 201 Å². The highest BCUT2D eigenvalue weighted by Crippen LogP contribution is 2.58. The molecule has 0 unspecified atom stereocenters. The lowest BCUT2D eigenvalue weighted by atomic mass is 9.72. The monoisotopic (exact) mass is 977 g/mol. The number of benzene rings is 12. The fourth-order valence-corrected chi connectivity index (χ4v) is 18.2. The molecule has 13 aromatic rings. The quantitative estimate of drug-likeness (QED) is 0.133. The Balaban J connectivity index is 1.11. The highest BCUT2D eigenvalue weighted by atomic mass is 14.5. The maximum atomic E-state index is 2.63. The average Bonchev–Trinajstić information content (AvgIpc) is 4.29. The molecule has 0 aliphatic heterocycles. The van der Waals surface area contributed by atoms with E-state index in [-0.39, 0.29) is 21.7 Å². The van der Waals surface area contributed by atoms with Crippen LogP contribution < -0.4 is 0 Å². The highest BCUT2D eigenvalue weighted by molar-refractivity contribution is 6.23. The third kappa shape index (κ3) is 4.81. The molecule has 0 fully saturated rings. The summed E-state index contributed by atoms with van der Waals surface area (Å²) in [6, 6.07) is 61.4. The third-order valence-electron chi connectivity index (χ3n) is 22.6. The van der Waals surface area contributed by atoms with E-state index in [4.69, 9.17) is 0 Å². The molecule has 0 spiro atoms. The van der Waals surface area contributed by atoms with E-state index in [0.717, 1.165) is 51.4 Å². The van der Waals surface area contributed by atoms with Gasteiger partial charge in [0.05, 0.1) is 0 Å². The molecule has 13 aromatic carbocycles. The Morgan fingerprint density at radius 2 is 0.289 bits per heavy atom. The minimum Gasteiger partial charge on any atom is -0.0642 e. The number of hydrogen-bond acceptors (Lipinski definition) is 0. The predicted octanol–water partition coefficient (Wildman–Crippen LogP) is 21.8. The van der Waals surface area contributed by atoms with E-state index in [9.17, 15) is 0 Å². The second-order valence-electron chi connectivity index (χ2n) is 24.4. The zero-order valence-electron chi connectivity index (χ0n) is 45.5. The predicted molar refractivity (Wildman–Crippen MR) is 331 cm³/mol. The van der Waals surface area contributed by atoms with E-state index < -0.39 is 0 Å². The topological polar surface area (TPSA) is 0 Å². The largest absolute Gasteiger partial charge is 0.0642 e. The van der Waals surface area contributed by atoms with E-state index in [1.165, 1.54) is 174 Å². The van der Waals surface area contributed by atoms with Crippen molar-refractivity contribution in [2.45, 2.75) is 128 Å². The molecule has 0 atom stereocenters. The zero-order valence-corrected chi connectivity index (χ0v) is 45.5. The van der Waals surface area contributed by atoms with Gasteiger partial charge in [-0.05, 0) is 322 Å². The highest BCUT2D eigenvalue weighted by Gasteiger charge is 2.43. The molecule has 0 heterocycles. The summed E-state index contributed by atoms with van der Waals surface area (Å²) in [5.41, 5.74) is 11.8. The summed E-state index contributed by atoms with van der Waals surface area (Å²) < 4.78 is 0. The van der Waals surface area contributed by atoms with Crippen LogP contribution in [-0.2, 0) is 21.7 Å². The van der Waals surface area contributed by atoms with Gasteiger partial charge in [0.25, 0.3) is 0 Å². The smallest absolute Gasteiger partial charge is 0.0210 e. The third-order valence-corrected chi connectivity index (χ3v) is 22.6. The summed E-state index contributed by atoms with van der Waals surface area (Å²) >= 11 is 0. The molecule has 0 heteroatoms. The van der Waals surface area contributed by atoms with Crippen LogP contribution in [0.3, 0.4) is 0 Å². The normalized spacial score (nSPS) is 16.7. The van der Waals surface area contributed by atoms with Gasteiger partial charge in [-0.1, -0.05) is 104 Å². The summed E-state index contributed by atoms with van der Waals surface area (Å²) in [6.07, 6.45) is 8.54. The molecule has 0 amide bonds. The summed E-state index contributed by atoms with van der Waals surface area (Å²) in [6.45, 7) is 19.4. The lowest BCUT2D eigenvalue weighted by Crippen LogP contribution is -2.23. The van der Waals surface area contributed by atoms with Crippen molar-refractivity contribution in [2.24, 2.45) is 0 Å². The van der Waals surface area contributed by atoms with Crippen molar-refractivity contribution in [1.82, 2.24) is 0 Å². The van der Waals surface area contributed by atoms with Crippen LogP contribution in [0.25, 0.3) is 129 Å². The Hall–Kier alpha value is -7.28. The van der Waals surface area contributed by atoms with E-state index in [1.807, 2.05) is 0 Å². The maximum Gasteiger partial charge on any atom is 0.0210 e. The minimum atomic E-state index is -0.0535. The first-order valence-electron chi connectivity index (χ1n) is 29.4. The standard InChI is InChI=1S/C76H64/c1-9-73(10-2)65-25-41-17-19-43-27-67-59-35-51(43)49(41)33-57(65)58-34-50-42(26-66(58)73)18-20-44-28-68-60(36-52(44)50)62-38-54-46(30-70(62)75(68,13-5)14-6)22-24-48-32-72-64(40-56(48)54)63-39-55-47(31-71(63)76(72,15-7)16-8)23-21-45-29-69(61(59)37-53(45)55)74(67,11-3)12-4/h17-40H,9-16H2,1-8H3. The molecule has 76 heavy (non-hydrogen) atoms. The van der Waals surface area contributed by atoms with Crippen molar-refractivity contribution in [3.05, 3.63) is 190 Å². The summed E-state index contributed by atoms with van der Waals surface area (Å²) in [5.74, 6) is 0. The van der Waals surface area contributed by atoms with Gasteiger partial charge in [0.2, 0.25) is 0 Å². The first-order chi connectivity index (χ1) is 37.1. The minimum absolute atomic E-state index is 0.0535. The van der Waals surface area contributed by atoms with Gasteiger partial charge in [0, 0.05) is 21.7 Å². The van der Waals surface area contributed by atoms with Crippen LogP contribution in [0.1, 0.15) is 151 Å². The van der Waals surface area contributed by atoms with Crippen LogP contribution in [0.4, 0.5) is 0 Å². The molecule has 0 N–H and O–H groups in total. The lowest BCUT2D eigenvalue weighted by molar-refractivity contribution is 0.492. The molecule has 0 saturated carbocycles. The van der Waals surface area contributed by atoms with Gasteiger partial charge in [0.1, 0.15) is 0 Å². The summed E-state index contributed by atoms with van der Waals surface area (Å²) in [4.78, 5) is 0. The lowest BCUT2D eigenvalue weighted by Gasteiger charge is -2.31. The van der Waals surface area contributed by atoms with Gasteiger partial charge in [-0.25, -0.2) is 0 Å². The van der Waals surface area contributed by atoms with E-state index >= 15 is 0 Å². The van der Waals surface area contributed by atoms with Gasteiger partial charge in [-0.3, -0.25) is 0 Å². The van der Waals surface area contributed by atoms with E-state index in [1.54, 1.807) is 0 Å². The molecular weight excluding hydrogens is 913 g/mol. The fourth-order valence-electron chi connectivity index (χ4n) is 18.2. The SMILES string of the molecule is CCC1(CC)c2cc3ccc4cc5c6cc4c3cc2c2cc3c(ccc4cc7c(cc43)c3cc4c(ccc8cc9c(cc84)c4cc8c(ccc%10cc(c6cc%108)C5(CC)CC)cc4C9(CC)CC)cc3C7(CC)CC)cc21. The number of rotatable bonds is 8. The van der Waals surface area contributed by atoms with Crippen molar-refractivity contribution >= 4 is 129 Å². The summed E-state index contributed by atoms with van der Waals surface area (Å²) in [5, 5.41) is 33.2. The van der Waals surface area contributed by atoms with Gasteiger partial charge < -0.3 is 0 Å². The van der Waals surface area contributed by atoms with Crippen molar-refractivity contribution in [2.75, 3.05) is 0 Å². The first kappa shape index (κ1) is 43.9. The van der Waals surface area contributed by atoms with Crippen molar-refractivity contribution in [1.29, 1.82) is 0 Å². The molecule has 0 saturated heterocycles. The Kier molecular flexibility index (Phi) is 8.32. The van der Waals surface area contributed by atoms with Crippen LogP contribution in [0.15, 0.2) is 146 Å².